The standard InChI is InChI=1S/C13H20N2O4S2/c1-3-19-10-5-4-6-15(7-10)12(16)11-8-20-13(9(11)2)21(14,17)18/h8,10H,3-7H2,1-2H3,(H2,14,17,18). The topological polar surface area (TPSA) is 89.7 Å². The Bertz CT molecular complexity index is 622. The van der Waals surface area contributed by atoms with Crippen LogP contribution in [0, 0.1) is 6.92 Å². The Hall–Kier alpha value is -0.960. The van der Waals surface area contributed by atoms with Crippen LogP contribution in [0.15, 0.2) is 9.59 Å². The van der Waals surface area contributed by atoms with Gasteiger partial charge in [0.25, 0.3) is 5.91 Å². The van der Waals surface area contributed by atoms with Gasteiger partial charge in [-0.25, -0.2) is 13.6 Å². The quantitative estimate of drug-likeness (QED) is 0.901. The van der Waals surface area contributed by atoms with Crippen LogP contribution in [0.1, 0.15) is 35.7 Å². The van der Waals surface area contributed by atoms with Crippen molar-refractivity contribution in [3.8, 4) is 0 Å². The van der Waals surface area contributed by atoms with E-state index in [0.29, 0.717) is 30.8 Å². The van der Waals surface area contributed by atoms with E-state index in [1.54, 1.807) is 17.2 Å². The Morgan fingerprint density at radius 1 is 1.57 bits per heavy atom. The van der Waals surface area contributed by atoms with E-state index in [9.17, 15) is 13.2 Å². The average Bonchev–Trinajstić information content (AvgIpc) is 2.80. The van der Waals surface area contributed by atoms with Gasteiger partial charge in [-0.1, -0.05) is 0 Å². The molecule has 0 radical (unpaired) electrons. The average molecular weight is 332 g/mol. The summed E-state index contributed by atoms with van der Waals surface area (Å²) in [4.78, 5) is 14.3. The summed E-state index contributed by atoms with van der Waals surface area (Å²) in [6.07, 6.45) is 1.90. The smallest absolute Gasteiger partial charge is 0.255 e. The number of piperidine rings is 1. The number of sulfonamides is 1. The molecule has 1 fully saturated rings. The maximum atomic E-state index is 12.6. The fourth-order valence-electron chi connectivity index (χ4n) is 2.56. The predicted molar refractivity (Wildman–Crippen MR) is 81.0 cm³/mol. The predicted octanol–water partition coefficient (Wildman–Crippen LogP) is 1.35. The van der Waals surface area contributed by atoms with Crippen molar-refractivity contribution in [3.05, 3.63) is 16.5 Å². The van der Waals surface area contributed by atoms with E-state index in [4.69, 9.17) is 9.88 Å². The summed E-state index contributed by atoms with van der Waals surface area (Å²) in [5.41, 5.74) is 0.854. The van der Waals surface area contributed by atoms with Gasteiger partial charge in [0.15, 0.2) is 0 Å². The van der Waals surface area contributed by atoms with Gasteiger partial charge < -0.3 is 9.64 Å². The molecule has 1 saturated heterocycles. The van der Waals surface area contributed by atoms with E-state index >= 15 is 0 Å². The molecule has 1 unspecified atom stereocenters. The fourth-order valence-corrected chi connectivity index (χ4v) is 4.56. The molecule has 0 aromatic carbocycles. The zero-order valence-corrected chi connectivity index (χ0v) is 13.8. The Kier molecular flexibility index (Phi) is 5.03. The van der Waals surface area contributed by atoms with Gasteiger partial charge in [-0.15, -0.1) is 11.3 Å². The minimum atomic E-state index is -3.77. The van der Waals surface area contributed by atoms with Crippen molar-refractivity contribution < 1.29 is 17.9 Å². The molecule has 6 nitrogen and oxygen atoms in total. The van der Waals surface area contributed by atoms with E-state index in [1.807, 2.05) is 6.92 Å². The summed E-state index contributed by atoms with van der Waals surface area (Å²) in [5, 5.41) is 6.72. The zero-order chi connectivity index (χ0) is 15.6. The fraction of sp³-hybridized carbons (Fsp3) is 0.615. The molecule has 1 amide bonds. The molecule has 1 aliphatic rings. The lowest BCUT2D eigenvalue weighted by Gasteiger charge is -2.32. The second-order valence-electron chi connectivity index (χ2n) is 5.08. The highest BCUT2D eigenvalue weighted by Crippen LogP contribution is 2.27. The number of rotatable bonds is 4. The number of likely N-dealkylation sites (tertiary alicyclic amines) is 1. The Labute approximate surface area is 128 Å². The molecule has 1 aromatic heterocycles. The Balaban J connectivity index is 2.19. The van der Waals surface area contributed by atoms with Crippen molar-refractivity contribution in [1.82, 2.24) is 4.90 Å². The summed E-state index contributed by atoms with van der Waals surface area (Å²) < 4.78 is 28.5. The molecule has 0 bridgehead atoms. The maximum Gasteiger partial charge on any atom is 0.255 e. The van der Waals surface area contributed by atoms with Gasteiger partial charge in [0.05, 0.1) is 11.7 Å². The van der Waals surface area contributed by atoms with Crippen LogP contribution in [0.3, 0.4) is 0 Å². The second kappa shape index (κ2) is 6.43. The van der Waals surface area contributed by atoms with E-state index in [-0.39, 0.29) is 16.2 Å². The highest BCUT2D eigenvalue weighted by molar-refractivity contribution is 7.91. The van der Waals surface area contributed by atoms with E-state index < -0.39 is 10.0 Å². The molecular weight excluding hydrogens is 312 g/mol. The summed E-state index contributed by atoms with van der Waals surface area (Å²) in [6, 6.07) is 0. The van der Waals surface area contributed by atoms with Gasteiger partial charge in [-0.05, 0) is 32.3 Å². The third kappa shape index (κ3) is 3.63. The van der Waals surface area contributed by atoms with Gasteiger partial charge >= 0.3 is 0 Å². The minimum Gasteiger partial charge on any atom is -0.377 e. The summed E-state index contributed by atoms with van der Waals surface area (Å²) in [5.74, 6) is -0.150. The van der Waals surface area contributed by atoms with Crippen molar-refractivity contribution in [2.75, 3.05) is 19.7 Å². The van der Waals surface area contributed by atoms with Crippen LogP contribution in [0.2, 0.25) is 0 Å². The molecule has 1 atom stereocenters. The first-order valence-corrected chi connectivity index (χ1v) is 9.29. The number of nitrogens with two attached hydrogens (primary N) is 1. The number of carbonyl (C=O) groups excluding carboxylic acids is 1. The molecule has 2 heterocycles. The van der Waals surface area contributed by atoms with Crippen molar-refractivity contribution >= 4 is 27.3 Å². The van der Waals surface area contributed by atoms with Crippen molar-refractivity contribution in [2.24, 2.45) is 5.14 Å². The van der Waals surface area contributed by atoms with Crippen LogP contribution in [-0.2, 0) is 14.8 Å². The third-order valence-electron chi connectivity index (χ3n) is 3.55. The summed E-state index contributed by atoms with van der Waals surface area (Å²) in [6.45, 7) is 5.39. The van der Waals surface area contributed by atoms with Crippen LogP contribution in [0.5, 0.6) is 0 Å². The second-order valence-corrected chi connectivity index (χ2v) is 7.71. The lowest BCUT2D eigenvalue weighted by Crippen LogP contribution is -2.43. The third-order valence-corrected chi connectivity index (χ3v) is 6.23. The Morgan fingerprint density at radius 3 is 2.86 bits per heavy atom. The molecule has 1 aliphatic heterocycles. The van der Waals surface area contributed by atoms with Crippen LogP contribution in [0.4, 0.5) is 0 Å². The number of carbonyl (C=O) groups is 1. The molecule has 21 heavy (non-hydrogen) atoms. The first-order chi connectivity index (χ1) is 9.84. The van der Waals surface area contributed by atoms with Crippen LogP contribution in [0.25, 0.3) is 0 Å². The molecule has 0 spiro atoms. The largest absolute Gasteiger partial charge is 0.377 e. The van der Waals surface area contributed by atoms with Gasteiger partial charge in [-0.3, -0.25) is 4.79 Å². The number of hydrogen-bond donors (Lipinski definition) is 1. The first-order valence-electron chi connectivity index (χ1n) is 6.86. The van der Waals surface area contributed by atoms with Crippen LogP contribution < -0.4 is 5.14 Å². The molecule has 118 valence electrons. The molecule has 0 aliphatic carbocycles. The van der Waals surface area contributed by atoms with Crippen LogP contribution in [-0.4, -0.2) is 45.0 Å². The number of nitrogens with zero attached hydrogens (tertiary/aromatic N) is 1. The van der Waals surface area contributed by atoms with Crippen molar-refractivity contribution in [2.45, 2.75) is 37.0 Å². The summed E-state index contributed by atoms with van der Waals surface area (Å²) in [7, 11) is -3.77. The first kappa shape index (κ1) is 16.4. The Morgan fingerprint density at radius 2 is 2.29 bits per heavy atom. The van der Waals surface area contributed by atoms with E-state index in [0.717, 1.165) is 24.2 Å². The number of ether oxygens (including phenoxy) is 1. The van der Waals surface area contributed by atoms with Gasteiger partial charge in [0, 0.05) is 25.1 Å². The van der Waals surface area contributed by atoms with Crippen molar-refractivity contribution in [1.29, 1.82) is 0 Å². The number of hydrogen-bond acceptors (Lipinski definition) is 5. The summed E-state index contributed by atoms with van der Waals surface area (Å²) >= 11 is 0.995. The molecule has 2 rings (SSSR count). The monoisotopic (exact) mass is 332 g/mol. The van der Waals surface area contributed by atoms with E-state index in [1.165, 1.54) is 0 Å². The SMILES string of the molecule is CCOC1CCCN(C(=O)c2csc(S(N)(=O)=O)c2C)C1. The lowest BCUT2D eigenvalue weighted by atomic mass is 10.1. The highest BCUT2D eigenvalue weighted by Gasteiger charge is 2.28. The molecule has 8 heteroatoms. The van der Waals surface area contributed by atoms with Crippen molar-refractivity contribution in [3.63, 3.8) is 0 Å². The number of thiophene rings is 1. The van der Waals surface area contributed by atoms with Gasteiger partial charge in [0.2, 0.25) is 10.0 Å². The molecule has 1 aromatic rings. The van der Waals surface area contributed by atoms with E-state index in [2.05, 4.69) is 0 Å². The minimum absolute atomic E-state index is 0.0595. The lowest BCUT2D eigenvalue weighted by molar-refractivity contribution is 0.00723. The van der Waals surface area contributed by atoms with Gasteiger partial charge in [-0.2, -0.15) is 0 Å². The number of primary sulfonamides is 1. The normalized spacial score (nSPS) is 19.8. The molecule has 0 saturated carbocycles. The van der Waals surface area contributed by atoms with Crippen LogP contribution >= 0.6 is 11.3 Å². The highest BCUT2D eigenvalue weighted by atomic mass is 32.2. The van der Waals surface area contributed by atoms with Gasteiger partial charge in [0.1, 0.15) is 4.21 Å². The number of amides is 1. The zero-order valence-electron chi connectivity index (χ0n) is 12.2. The maximum absolute atomic E-state index is 12.6. The molecular formula is C13H20N2O4S2. The molecule has 2 N–H and O–H groups in total.